The van der Waals surface area contributed by atoms with Gasteiger partial charge in [-0.15, -0.1) is 0 Å². The minimum atomic E-state index is -0.0634. The van der Waals surface area contributed by atoms with Crippen LogP contribution in [0.1, 0.15) is 0 Å². The standard InChI is InChI=1S/C9H12ClN3O2/c10-8-3-11-4-9(12-8)13-1-2-15-6-7(13)5-14/h3-4,7,14H,1-2,5-6H2. The molecule has 6 heteroatoms. The monoisotopic (exact) mass is 229 g/mol. The molecule has 5 nitrogen and oxygen atoms in total. The van der Waals surface area contributed by atoms with Gasteiger partial charge in [-0.25, -0.2) is 4.98 Å². The molecule has 82 valence electrons. The Bertz CT molecular complexity index is 337. The maximum atomic E-state index is 9.19. The topological polar surface area (TPSA) is 58.5 Å². The van der Waals surface area contributed by atoms with Gasteiger partial charge in [0.25, 0.3) is 0 Å². The zero-order valence-corrected chi connectivity index (χ0v) is 8.89. The van der Waals surface area contributed by atoms with Crippen LogP contribution in [0.25, 0.3) is 0 Å². The summed E-state index contributed by atoms with van der Waals surface area (Å²) in [5.41, 5.74) is 0. The second-order valence-electron chi connectivity index (χ2n) is 3.30. The van der Waals surface area contributed by atoms with Gasteiger partial charge >= 0.3 is 0 Å². The second kappa shape index (κ2) is 4.74. The van der Waals surface area contributed by atoms with Crippen molar-refractivity contribution in [3.8, 4) is 0 Å². The van der Waals surface area contributed by atoms with Crippen LogP contribution < -0.4 is 4.90 Å². The minimum Gasteiger partial charge on any atom is -0.394 e. The van der Waals surface area contributed by atoms with Crippen LogP contribution in [0, 0.1) is 0 Å². The number of aliphatic hydroxyl groups excluding tert-OH is 1. The number of rotatable bonds is 2. The molecule has 1 N–H and O–H groups in total. The number of halogens is 1. The molecule has 1 atom stereocenters. The van der Waals surface area contributed by atoms with Crippen molar-refractivity contribution in [2.75, 3.05) is 31.3 Å². The lowest BCUT2D eigenvalue weighted by Crippen LogP contribution is -2.48. The van der Waals surface area contributed by atoms with Gasteiger partial charge in [-0.05, 0) is 0 Å². The molecule has 0 spiro atoms. The molecule has 1 aromatic heterocycles. The summed E-state index contributed by atoms with van der Waals surface area (Å²) < 4.78 is 5.27. The summed E-state index contributed by atoms with van der Waals surface area (Å²) in [6.45, 7) is 1.86. The summed E-state index contributed by atoms with van der Waals surface area (Å²) in [6, 6.07) is -0.0634. The van der Waals surface area contributed by atoms with Gasteiger partial charge in [-0.3, -0.25) is 4.98 Å². The van der Waals surface area contributed by atoms with Gasteiger partial charge in [0.05, 0.1) is 38.3 Å². The number of aromatic nitrogens is 2. The Morgan fingerprint density at radius 1 is 1.60 bits per heavy atom. The Morgan fingerprint density at radius 3 is 3.20 bits per heavy atom. The van der Waals surface area contributed by atoms with Crippen molar-refractivity contribution in [2.45, 2.75) is 6.04 Å². The summed E-state index contributed by atoms with van der Waals surface area (Å²) in [4.78, 5) is 10.1. The van der Waals surface area contributed by atoms with E-state index in [0.29, 0.717) is 30.7 Å². The minimum absolute atomic E-state index is 0.0359. The maximum Gasteiger partial charge on any atom is 0.149 e. The lowest BCUT2D eigenvalue weighted by molar-refractivity contribution is 0.0722. The predicted octanol–water partition coefficient (Wildman–Crippen LogP) is 0.327. The van der Waals surface area contributed by atoms with Crippen molar-refractivity contribution in [1.29, 1.82) is 0 Å². The van der Waals surface area contributed by atoms with Crippen LogP contribution in [-0.4, -0.2) is 47.5 Å². The van der Waals surface area contributed by atoms with E-state index in [1.54, 1.807) is 6.20 Å². The first-order chi connectivity index (χ1) is 7.31. The molecular weight excluding hydrogens is 218 g/mol. The van der Waals surface area contributed by atoms with Crippen LogP contribution in [0.5, 0.6) is 0 Å². The lowest BCUT2D eigenvalue weighted by atomic mass is 10.2. The van der Waals surface area contributed by atoms with Crippen molar-refractivity contribution < 1.29 is 9.84 Å². The Balaban J connectivity index is 2.20. The molecule has 1 saturated heterocycles. The third-order valence-electron chi connectivity index (χ3n) is 2.32. The van der Waals surface area contributed by atoms with Crippen LogP contribution in [0.15, 0.2) is 12.4 Å². The molecule has 1 fully saturated rings. The largest absolute Gasteiger partial charge is 0.394 e. The molecule has 0 saturated carbocycles. The van der Waals surface area contributed by atoms with Crippen LogP contribution in [0.2, 0.25) is 5.15 Å². The quantitative estimate of drug-likeness (QED) is 0.792. The number of morpholine rings is 1. The highest BCUT2D eigenvalue weighted by molar-refractivity contribution is 6.29. The van der Waals surface area contributed by atoms with E-state index in [0.717, 1.165) is 0 Å². The fraction of sp³-hybridized carbons (Fsp3) is 0.556. The Hall–Kier alpha value is -0.910. The highest BCUT2D eigenvalue weighted by Crippen LogP contribution is 2.17. The molecule has 2 rings (SSSR count). The van der Waals surface area contributed by atoms with Crippen molar-refractivity contribution in [3.63, 3.8) is 0 Å². The van der Waals surface area contributed by atoms with Crippen molar-refractivity contribution in [1.82, 2.24) is 9.97 Å². The number of anilines is 1. The lowest BCUT2D eigenvalue weighted by Gasteiger charge is -2.35. The highest BCUT2D eigenvalue weighted by atomic mass is 35.5. The molecule has 0 amide bonds. The zero-order chi connectivity index (χ0) is 10.7. The number of ether oxygens (including phenoxy) is 1. The average molecular weight is 230 g/mol. The third kappa shape index (κ3) is 2.37. The van der Waals surface area contributed by atoms with Crippen LogP contribution in [-0.2, 0) is 4.74 Å². The van der Waals surface area contributed by atoms with E-state index in [-0.39, 0.29) is 12.6 Å². The van der Waals surface area contributed by atoms with E-state index < -0.39 is 0 Å². The van der Waals surface area contributed by atoms with E-state index in [9.17, 15) is 5.11 Å². The molecule has 0 aliphatic carbocycles. The maximum absolute atomic E-state index is 9.19. The first-order valence-corrected chi connectivity index (χ1v) is 5.12. The van der Waals surface area contributed by atoms with E-state index in [1.807, 2.05) is 4.90 Å². The molecular formula is C9H12ClN3O2. The van der Waals surface area contributed by atoms with E-state index >= 15 is 0 Å². The van der Waals surface area contributed by atoms with Crippen LogP contribution >= 0.6 is 11.6 Å². The second-order valence-corrected chi connectivity index (χ2v) is 3.69. The SMILES string of the molecule is OCC1COCCN1c1cncc(Cl)n1. The summed E-state index contributed by atoms with van der Waals surface area (Å²) >= 11 is 5.76. The predicted molar refractivity (Wildman–Crippen MR) is 56.1 cm³/mol. The number of aliphatic hydroxyl groups is 1. The summed E-state index contributed by atoms with van der Waals surface area (Å²) in [5.74, 6) is 0.685. The Labute approximate surface area is 92.7 Å². The summed E-state index contributed by atoms with van der Waals surface area (Å²) in [5, 5.41) is 9.55. The van der Waals surface area contributed by atoms with Crippen molar-refractivity contribution in [3.05, 3.63) is 17.5 Å². The molecule has 1 aliphatic heterocycles. The van der Waals surface area contributed by atoms with E-state index in [2.05, 4.69) is 9.97 Å². The van der Waals surface area contributed by atoms with Gasteiger partial charge in [0.2, 0.25) is 0 Å². The zero-order valence-electron chi connectivity index (χ0n) is 8.14. The van der Waals surface area contributed by atoms with Crippen molar-refractivity contribution >= 4 is 17.4 Å². The molecule has 1 unspecified atom stereocenters. The number of hydrogen-bond donors (Lipinski definition) is 1. The van der Waals surface area contributed by atoms with E-state index in [1.165, 1.54) is 6.20 Å². The van der Waals surface area contributed by atoms with Gasteiger partial charge in [-0.2, -0.15) is 0 Å². The fourth-order valence-corrected chi connectivity index (χ4v) is 1.72. The highest BCUT2D eigenvalue weighted by Gasteiger charge is 2.23. The molecule has 0 aromatic carbocycles. The summed E-state index contributed by atoms with van der Waals surface area (Å²) in [7, 11) is 0. The number of hydrogen-bond acceptors (Lipinski definition) is 5. The van der Waals surface area contributed by atoms with Gasteiger partial charge < -0.3 is 14.7 Å². The summed E-state index contributed by atoms with van der Waals surface area (Å²) in [6.07, 6.45) is 3.12. The molecule has 0 bridgehead atoms. The van der Waals surface area contributed by atoms with Crippen LogP contribution in [0.3, 0.4) is 0 Å². The van der Waals surface area contributed by atoms with Gasteiger partial charge in [0, 0.05) is 6.54 Å². The first kappa shape index (κ1) is 10.6. The Morgan fingerprint density at radius 2 is 2.47 bits per heavy atom. The molecule has 0 radical (unpaired) electrons. The molecule has 1 aliphatic rings. The molecule has 2 heterocycles. The average Bonchev–Trinajstić information content (AvgIpc) is 2.29. The Kier molecular flexibility index (Phi) is 3.35. The third-order valence-corrected chi connectivity index (χ3v) is 2.51. The first-order valence-electron chi connectivity index (χ1n) is 4.74. The van der Waals surface area contributed by atoms with Crippen LogP contribution in [0.4, 0.5) is 5.82 Å². The van der Waals surface area contributed by atoms with Crippen molar-refractivity contribution in [2.24, 2.45) is 0 Å². The molecule has 15 heavy (non-hydrogen) atoms. The molecule has 1 aromatic rings. The number of nitrogens with zero attached hydrogens (tertiary/aromatic N) is 3. The fourth-order valence-electron chi connectivity index (χ4n) is 1.58. The van der Waals surface area contributed by atoms with Gasteiger partial charge in [-0.1, -0.05) is 11.6 Å². The van der Waals surface area contributed by atoms with Gasteiger partial charge in [0.1, 0.15) is 11.0 Å². The smallest absolute Gasteiger partial charge is 0.149 e. The normalized spacial score (nSPS) is 21.7. The van der Waals surface area contributed by atoms with E-state index in [4.69, 9.17) is 16.3 Å². The van der Waals surface area contributed by atoms with Gasteiger partial charge in [0.15, 0.2) is 0 Å².